The van der Waals surface area contributed by atoms with Crippen molar-refractivity contribution >= 4 is 5.69 Å². The maximum atomic E-state index is 6.34. The van der Waals surface area contributed by atoms with E-state index < -0.39 is 0 Å². The van der Waals surface area contributed by atoms with E-state index in [0.29, 0.717) is 11.5 Å². The number of nitrogens with zero attached hydrogens (tertiary/aromatic N) is 2. The van der Waals surface area contributed by atoms with Crippen LogP contribution in [0, 0.1) is 5.41 Å². The molecular formula is C22H34N2O. The molecule has 0 atom stereocenters. The van der Waals surface area contributed by atoms with Gasteiger partial charge in [0.05, 0.1) is 23.1 Å². The van der Waals surface area contributed by atoms with Crippen LogP contribution in [0.3, 0.4) is 0 Å². The van der Waals surface area contributed by atoms with Gasteiger partial charge in [-0.25, -0.2) is 0 Å². The summed E-state index contributed by atoms with van der Waals surface area (Å²) in [6.07, 6.45) is 11.9. The summed E-state index contributed by atoms with van der Waals surface area (Å²) >= 11 is 0. The Balaban J connectivity index is 1.99. The Morgan fingerprint density at radius 1 is 1.08 bits per heavy atom. The van der Waals surface area contributed by atoms with Crippen molar-refractivity contribution in [1.82, 2.24) is 4.98 Å². The zero-order valence-corrected chi connectivity index (χ0v) is 16.8. The van der Waals surface area contributed by atoms with Gasteiger partial charge in [-0.1, -0.05) is 19.9 Å². The predicted octanol–water partition coefficient (Wildman–Crippen LogP) is 5.72. The molecule has 1 aromatic rings. The largest absolute Gasteiger partial charge is 0.370 e. The van der Waals surface area contributed by atoms with Gasteiger partial charge in [-0.15, -0.1) is 0 Å². The van der Waals surface area contributed by atoms with Gasteiger partial charge < -0.3 is 9.64 Å². The Hall–Kier alpha value is -1.35. The SMILES string of the molecule is CC1(C)CCC=C(N(c2cccnc2)C2CC(C)(C)OC(C)(C)C2)C1. The van der Waals surface area contributed by atoms with Crippen molar-refractivity contribution in [2.75, 3.05) is 4.90 Å². The van der Waals surface area contributed by atoms with E-state index in [2.05, 4.69) is 63.6 Å². The smallest absolute Gasteiger partial charge is 0.0653 e. The van der Waals surface area contributed by atoms with Crippen LogP contribution in [0.25, 0.3) is 0 Å². The Labute approximate surface area is 153 Å². The number of aromatic nitrogens is 1. The van der Waals surface area contributed by atoms with Crippen molar-refractivity contribution in [1.29, 1.82) is 0 Å². The molecule has 1 aliphatic carbocycles. The molecule has 1 fully saturated rings. The Morgan fingerprint density at radius 3 is 2.32 bits per heavy atom. The zero-order chi connectivity index (χ0) is 18.3. The molecule has 25 heavy (non-hydrogen) atoms. The van der Waals surface area contributed by atoms with E-state index in [4.69, 9.17) is 4.74 Å². The van der Waals surface area contributed by atoms with Crippen LogP contribution in [0.5, 0.6) is 0 Å². The predicted molar refractivity (Wildman–Crippen MR) is 105 cm³/mol. The van der Waals surface area contributed by atoms with Crippen molar-refractivity contribution in [2.45, 2.75) is 90.9 Å². The van der Waals surface area contributed by atoms with E-state index in [1.54, 1.807) is 0 Å². The average Bonchev–Trinajstić information content (AvgIpc) is 2.44. The Kier molecular flexibility index (Phi) is 4.74. The van der Waals surface area contributed by atoms with Gasteiger partial charge >= 0.3 is 0 Å². The summed E-state index contributed by atoms with van der Waals surface area (Å²) < 4.78 is 6.34. The third-order valence-corrected chi connectivity index (χ3v) is 5.47. The summed E-state index contributed by atoms with van der Waals surface area (Å²) in [7, 11) is 0. The number of hydrogen-bond donors (Lipinski definition) is 0. The molecule has 0 saturated carbocycles. The highest BCUT2D eigenvalue weighted by molar-refractivity contribution is 5.52. The highest BCUT2D eigenvalue weighted by Gasteiger charge is 2.43. The molecule has 138 valence electrons. The van der Waals surface area contributed by atoms with Gasteiger partial charge in [-0.2, -0.15) is 0 Å². The molecule has 0 N–H and O–H groups in total. The van der Waals surface area contributed by atoms with Crippen molar-refractivity contribution in [2.24, 2.45) is 5.41 Å². The van der Waals surface area contributed by atoms with E-state index >= 15 is 0 Å². The van der Waals surface area contributed by atoms with E-state index in [1.807, 2.05) is 18.5 Å². The number of anilines is 1. The van der Waals surface area contributed by atoms with Gasteiger partial charge in [0.25, 0.3) is 0 Å². The lowest BCUT2D eigenvalue weighted by Crippen LogP contribution is -2.53. The Bertz CT molecular complexity index is 615. The van der Waals surface area contributed by atoms with Crippen LogP contribution in [0.2, 0.25) is 0 Å². The molecule has 0 bridgehead atoms. The van der Waals surface area contributed by atoms with Gasteiger partial charge in [-0.05, 0) is 77.3 Å². The van der Waals surface area contributed by atoms with Gasteiger partial charge in [0.2, 0.25) is 0 Å². The quantitative estimate of drug-likeness (QED) is 0.702. The first-order chi connectivity index (χ1) is 11.6. The van der Waals surface area contributed by atoms with Crippen molar-refractivity contribution in [3.8, 4) is 0 Å². The van der Waals surface area contributed by atoms with Crippen LogP contribution in [0.15, 0.2) is 36.3 Å². The molecule has 2 aliphatic rings. The number of pyridine rings is 1. The molecule has 3 heteroatoms. The second kappa shape index (κ2) is 6.42. The van der Waals surface area contributed by atoms with Crippen molar-refractivity contribution < 1.29 is 4.74 Å². The Morgan fingerprint density at radius 2 is 1.76 bits per heavy atom. The minimum atomic E-state index is -0.113. The summed E-state index contributed by atoms with van der Waals surface area (Å²) in [5.74, 6) is 0. The maximum Gasteiger partial charge on any atom is 0.0653 e. The van der Waals surface area contributed by atoms with Crippen LogP contribution in [0.1, 0.15) is 73.6 Å². The van der Waals surface area contributed by atoms with Gasteiger partial charge in [0.15, 0.2) is 0 Å². The maximum absolute atomic E-state index is 6.34. The highest BCUT2D eigenvalue weighted by Crippen LogP contribution is 2.43. The molecule has 0 aromatic carbocycles. The van der Waals surface area contributed by atoms with E-state index in [9.17, 15) is 0 Å². The van der Waals surface area contributed by atoms with E-state index in [-0.39, 0.29) is 11.2 Å². The molecule has 1 saturated heterocycles. The van der Waals surface area contributed by atoms with Gasteiger partial charge in [0.1, 0.15) is 0 Å². The second-order valence-electron chi connectivity index (χ2n) is 9.84. The summed E-state index contributed by atoms with van der Waals surface area (Å²) in [6.45, 7) is 13.7. The van der Waals surface area contributed by atoms with Crippen molar-refractivity contribution in [3.05, 3.63) is 36.3 Å². The molecule has 0 radical (unpaired) electrons. The van der Waals surface area contributed by atoms with Crippen LogP contribution < -0.4 is 4.90 Å². The molecular weight excluding hydrogens is 308 g/mol. The molecule has 1 aliphatic heterocycles. The minimum Gasteiger partial charge on any atom is -0.370 e. The monoisotopic (exact) mass is 342 g/mol. The lowest BCUT2D eigenvalue weighted by atomic mass is 9.77. The summed E-state index contributed by atoms with van der Waals surface area (Å²) in [6, 6.07) is 4.68. The highest BCUT2D eigenvalue weighted by atomic mass is 16.5. The number of allylic oxidation sites excluding steroid dienone is 2. The number of ether oxygens (including phenoxy) is 1. The molecule has 1 aromatic heterocycles. The minimum absolute atomic E-state index is 0.113. The first kappa shape index (κ1) is 18.4. The first-order valence-corrected chi connectivity index (χ1v) is 9.66. The molecule has 3 nitrogen and oxygen atoms in total. The molecule has 0 amide bonds. The number of rotatable bonds is 3. The summed E-state index contributed by atoms with van der Waals surface area (Å²) in [5, 5.41) is 0. The third kappa shape index (κ3) is 4.44. The number of hydrogen-bond acceptors (Lipinski definition) is 3. The van der Waals surface area contributed by atoms with E-state index in [1.165, 1.54) is 17.8 Å². The zero-order valence-electron chi connectivity index (χ0n) is 16.8. The normalized spacial score (nSPS) is 25.3. The third-order valence-electron chi connectivity index (χ3n) is 5.47. The standard InChI is InChI=1S/C22H34N2O/c1-20(2)11-7-9-17(13-20)24(18-10-8-12-23-16-18)19-14-21(3,4)25-22(5,6)15-19/h8-10,12,16,19H,7,11,13-15H2,1-6H3. The molecule has 3 rings (SSSR count). The topological polar surface area (TPSA) is 25.4 Å². The fraction of sp³-hybridized carbons (Fsp3) is 0.682. The molecule has 0 unspecified atom stereocenters. The average molecular weight is 343 g/mol. The fourth-order valence-electron chi connectivity index (χ4n) is 4.79. The van der Waals surface area contributed by atoms with Crippen LogP contribution in [-0.4, -0.2) is 22.2 Å². The molecule has 0 spiro atoms. The lowest BCUT2D eigenvalue weighted by Gasteiger charge is -2.50. The first-order valence-electron chi connectivity index (χ1n) is 9.66. The van der Waals surface area contributed by atoms with Gasteiger partial charge in [0, 0.05) is 17.9 Å². The second-order valence-corrected chi connectivity index (χ2v) is 9.84. The van der Waals surface area contributed by atoms with Gasteiger partial charge in [-0.3, -0.25) is 4.98 Å². The van der Waals surface area contributed by atoms with Crippen LogP contribution in [-0.2, 0) is 4.74 Å². The van der Waals surface area contributed by atoms with E-state index in [0.717, 1.165) is 25.7 Å². The summed E-state index contributed by atoms with van der Waals surface area (Å²) in [4.78, 5) is 6.97. The summed E-state index contributed by atoms with van der Waals surface area (Å²) in [5.41, 5.74) is 2.81. The van der Waals surface area contributed by atoms with Crippen LogP contribution >= 0.6 is 0 Å². The molecule has 2 heterocycles. The lowest BCUT2D eigenvalue weighted by molar-refractivity contribution is -0.160. The van der Waals surface area contributed by atoms with Crippen LogP contribution in [0.4, 0.5) is 5.69 Å². The fourth-order valence-corrected chi connectivity index (χ4v) is 4.79. The van der Waals surface area contributed by atoms with Crippen molar-refractivity contribution in [3.63, 3.8) is 0 Å².